The third kappa shape index (κ3) is 2.49. The predicted molar refractivity (Wildman–Crippen MR) is 98.7 cm³/mol. The number of carbonyl (C=O) groups excluding carboxylic acids is 1. The Bertz CT molecular complexity index is 818. The minimum absolute atomic E-state index is 0.124. The summed E-state index contributed by atoms with van der Waals surface area (Å²) in [6, 6.07) is 8.68. The molecule has 5 heterocycles. The quantitative estimate of drug-likeness (QED) is 0.909. The summed E-state index contributed by atoms with van der Waals surface area (Å²) in [6.07, 6.45) is 2.45. The normalized spacial score (nSPS) is 28.9. The highest BCUT2D eigenvalue weighted by Crippen LogP contribution is 2.31. The predicted octanol–water partition coefficient (Wildman–Crippen LogP) is 1.91. The maximum absolute atomic E-state index is 13.3. The van der Waals surface area contributed by atoms with Crippen LogP contribution in [0, 0.1) is 5.92 Å². The molecule has 1 N–H and O–H groups in total. The Labute approximate surface area is 148 Å². The van der Waals surface area contributed by atoms with E-state index in [2.05, 4.69) is 44.9 Å². The standard InChI is InChI=1S/C20H26N4O/c1-22-10-11-24-17-5-3-2-4-15(17)19(18(24)13-22)20(25)21-16-12-23-8-6-14(16)7-9-23/h2-5,14,16H,6-13H2,1H3,(H,21,25)/t16-/m1/s1. The van der Waals surface area contributed by atoms with E-state index < -0.39 is 0 Å². The molecule has 0 saturated carbocycles. The van der Waals surface area contributed by atoms with Crippen molar-refractivity contribution in [3.8, 4) is 0 Å². The van der Waals surface area contributed by atoms with Gasteiger partial charge >= 0.3 is 0 Å². The number of likely N-dealkylation sites (N-methyl/N-ethyl adjacent to an activating group) is 1. The molecule has 4 aliphatic heterocycles. The molecule has 2 aromatic rings. The first-order chi connectivity index (χ1) is 12.2. The molecular weight excluding hydrogens is 312 g/mol. The van der Waals surface area contributed by atoms with E-state index in [1.807, 2.05) is 6.07 Å². The Morgan fingerprint density at radius 1 is 1.12 bits per heavy atom. The van der Waals surface area contributed by atoms with Gasteiger partial charge in [0.2, 0.25) is 0 Å². The number of hydrogen-bond acceptors (Lipinski definition) is 3. The average molecular weight is 338 g/mol. The number of hydrogen-bond donors (Lipinski definition) is 1. The number of nitrogens with zero attached hydrogens (tertiary/aromatic N) is 3. The Kier molecular flexibility index (Phi) is 3.61. The molecule has 1 aromatic carbocycles. The van der Waals surface area contributed by atoms with E-state index in [4.69, 9.17) is 0 Å². The van der Waals surface area contributed by atoms with Gasteiger partial charge in [0.1, 0.15) is 0 Å². The van der Waals surface area contributed by atoms with Crippen molar-refractivity contribution in [3.63, 3.8) is 0 Å². The molecule has 0 radical (unpaired) electrons. The zero-order valence-corrected chi connectivity index (χ0v) is 14.9. The van der Waals surface area contributed by atoms with Gasteiger partial charge in [-0.1, -0.05) is 18.2 Å². The van der Waals surface area contributed by atoms with Crippen molar-refractivity contribution in [1.82, 2.24) is 19.7 Å². The molecule has 0 unspecified atom stereocenters. The summed E-state index contributed by atoms with van der Waals surface area (Å²) in [5.41, 5.74) is 3.27. The Morgan fingerprint density at radius 3 is 2.68 bits per heavy atom. The summed E-state index contributed by atoms with van der Waals surface area (Å²) in [5.74, 6) is 0.778. The van der Waals surface area contributed by atoms with Gasteiger partial charge in [0.25, 0.3) is 5.91 Å². The molecule has 2 bridgehead atoms. The van der Waals surface area contributed by atoms with E-state index in [1.165, 1.54) is 37.1 Å². The van der Waals surface area contributed by atoms with Crippen molar-refractivity contribution in [2.75, 3.05) is 33.2 Å². The lowest BCUT2D eigenvalue weighted by Crippen LogP contribution is -2.57. The number of fused-ring (bicyclic) bond motifs is 6. The Hall–Kier alpha value is -1.85. The number of amides is 1. The summed E-state index contributed by atoms with van der Waals surface area (Å²) in [6.45, 7) is 6.26. The lowest BCUT2D eigenvalue weighted by molar-refractivity contribution is 0.0620. The van der Waals surface area contributed by atoms with Crippen LogP contribution in [0.25, 0.3) is 10.9 Å². The molecule has 5 nitrogen and oxygen atoms in total. The zero-order chi connectivity index (χ0) is 17.0. The SMILES string of the molecule is CN1CCn2c(c(C(=O)N[C@@H]3CN4CCC3CC4)c3ccccc32)C1. The van der Waals surface area contributed by atoms with Gasteiger partial charge in [-0.2, -0.15) is 0 Å². The van der Waals surface area contributed by atoms with Gasteiger partial charge < -0.3 is 14.8 Å². The molecule has 0 spiro atoms. The smallest absolute Gasteiger partial charge is 0.254 e. The maximum atomic E-state index is 13.3. The van der Waals surface area contributed by atoms with Crippen LogP contribution in [0.4, 0.5) is 0 Å². The minimum atomic E-state index is 0.124. The molecule has 132 valence electrons. The van der Waals surface area contributed by atoms with Gasteiger partial charge in [-0.3, -0.25) is 9.69 Å². The van der Waals surface area contributed by atoms with Crippen LogP contribution in [0.15, 0.2) is 24.3 Å². The molecule has 5 heteroatoms. The molecule has 6 rings (SSSR count). The molecule has 0 aliphatic carbocycles. The monoisotopic (exact) mass is 338 g/mol. The second-order valence-corrected chi connectivity index (χ2v) is 7.95. The third-order valence-electron chi connectivity index (χ3n) is 6.40. The van der Waals surface area contributed by atoms with Crippen molar-refractivity contribution < 1.29 is 4.79 Å². The maximum Gasteiger partial charge on any atom is 0.254 e. The van der Waals surface area contributed by atoms with Crippen LogP contribution in [-0.4, -0.2) is 59.5 Å². The second kappa shape index (κ2) is 5.85. The van der Waals surface area contributed by atoms with Gasteiger partial charge in [0.05, 0.1) is 5.56 Å². The van der Waals surface area contributed by atoms with Crippen molar-refractivity contribution in [1.29, 1.82) is 0 Å². The molecule has 1 atom stereocenters. The van der Waals surface area contributed by atoms with Gasteiger partial charge in [-0.05, 0) is 45.0 Å². The van der Waals surface area contributed by atoms with Gasteiger partial charge in [0, 0.05) is 48.8 Å². The highest BCUT2D eigenvalue weighted by Gasteiger charge is 2.36. The van der Waals surface area contributed by atoms with E-state index in [9.17, 15) is 4.79 Å². The van der Waals surface area contributed by atoms with Crippen LogP contribution in [0.3, 0.4) is 0 Å². The van der Waals surface area contributed by atoms with Crippen LogP contribution < -0.4 is 5.32 Å². The zero-order valence-electron chi connectivity index (χ0n) is 14.9. The minimum Gasteiger partial charge on any atom is -0.348 e. The lowest BCUT2D eigenvalue weighted by Gasteiger charge is -2.45. The molecule has 4 aliphatic rings. The van der Waals surface area contributed by atoms with E-state index in [-0.39, 0.29) is 5.91 Å². The van der Waals surface area contributed by atoms with Crippen LogP contribution in [-0.2, 0) is 13.1 Å². The summed E-state index contributed by atoms with van der Waals surface area (Å²) in [7, 11) is 2.14. The fourth-order valence-corrected chi connectivity index (χ4v) is 5.00. The molecule has 1 amide bonds. The van der Waals surface area contributed by atoms with Crippen molar-refractivity contribution >= 4 is 16.8 Å². The summed E-state index contributed by atoms with van der Waals surface area (Å²) in [4.78, 5) is 18.1. The fourth-order valence-electron chi connectivity index (χ4n) is 5.00. The van der Waals surface area contributed by atoms with Crippen LogP contribution in [0.2, 0.25) is 0 Å². The molecule has 25 heavy (non-hydrogen) atoms. The summed E-state index contributed by atoms with van der Waals surface area (Å²) in [5, 5.41) is 4.50. The van der Waals surface area contributed by atoms with Crippen molar-refractivity contribution in [3.05, 3.63) is 35.5 Å². The summed E-state index contributed by atoms with van der Waals surface area (Å²) >= 11 is 0. The van der Waals surface area contributed by atoms with Crippen molar-refractivity contribution in [2.24, 2.45) is 5.92 Å². The number of aromatic nitrogens is 1. The number of nitrogens with one attached hydrogen (secondary N) is 1. The van der Waals surface area contributed by atoms with Crippen LogP contribution in [0.5, 0.6) is 0 Å². The van der Waals surface area contributed by atoms with E-state index in [1.54, 1.807) is 0 Å². The van der Waals surface area contributed by atoms with E-state index >= 15 is 0 Å². The number of carbonyl (C=O) groups is 1. The first kappa shape index (κ1) is 15.4. The number of piperidine rings is 3. The van der Waals surface area contributed by atoms with Gasteiger partial charge in [0.15, 0.2) is 0 Å². The van der Waals surface area contributed by atoms with Gasteiger partial charge in [-0.25, -0.2) is 0 Å². The molecule has 1 aromatic heterocycles. The number of benzene rings is 1. The molecule has 3 saturated heterocycles. The highest BCUT2D eigenvalue weighted by atomic mass is 16.1. The first-order valence-corrected chi connectivity index (χ1v) is 9.52. The number of para-hydroxylation sites is 1. The topological polar surface area (TPSA) is 40.5 Å². The second-order valence-electron chi connectivity index (χ2n) is 7.95. The van der Waals surface area contributed by atoms with Gasteiger partial charge in [-0.15, -0.1) is 0 Å². The molecule has 3 fully saturated rings. The van der Waals surface area contributed by atoms with Crippen molar-refractivity contribution in [2.45, 2.75) is 32.0 Å². The first-order valence-electron chi connectivity index (χ1n) is 9.52. The fraction of sp³-hybridized carbons (Fsp3) is 0.550. The summed E-state index contributed by atoms with van der Waals surface area (Å²) < 4.78 is 2.35. The Morgan fingerprint density at radius 2 is 1.92 bits per heavy atom. The van der Waals surface area contributed by atoms with Crippen LogP contribution in [0.1, 0.15) is 28.9 Å². The lowest BCUT2D eigenvalue weighted by atomic mass is 9.84. The van der Waals surface area contributed by atoms with E-state index in [0.717, 1.165) is 37.1 Å². The third-order valence-corrected chi connectivity index (χ3v) is 6.40. The highest BCUT2D eigenvalue weighted by molar-refractivity contribution is 6.08. The van der Waals surface area contributed by atoms with Crippen LogP contribution >= 0.6 is 0 Å². The Balaban J connectivity index is 1.51. The van der Waals surface area contributed by atoms with E-state index in [0.29, 0.717) is 12.0 Å². The largest absolute Gasteiger partial charge is 0.348 e. The number of rotatable bonds is 2. The molecular formula is C20H26N4O. The average Bonchev–Trinajstić information content (AvgIpc) is 2.96.